The summed E-state index contributed by atoms with van der Waals surface area (Å²) in [7, 11) is 0. The average molecular weight is 628 g/mol. The van der Waals surface area contributed by atoms with Gasteiger partial charge in [0.15, 0.2) is 0 Å². The van der Waals surface area contributed by atoms with Crippen molar-refractivity contribution in [1.29, 1.82) is 0 Å². The highest BCUT2D eigenvalue weighted by Gasteiger charge is 2.11. The first-order valence-electron chi connectivity index (χ1n) is 4.69. The molecule has 2 aromatic rings. The van der Waals surface area contributed by atoms with Crippen molar-refractivity contribution in [3.8, 4) is 11.1 Å². The standard InChI is InChI=1S/C12H4Br6/c13-6-3-7(11(17)10(16)4-6)5-1-8(14)12(18)9(15)2-5/h1-4H. The van der Waals surface area contributed by atoms with Gasteiger partial charge in [-0.15, -0.1) is 0 Å². The second kappa shape index (κ2) is 6.39. The molecule has 2 aromatic carbocycles. The fourth-order valence-corrected chi connectivity index (χ4v) is 4.58. The van der Waals surface area contributed by atoms with Crippen LogP contribution in [0.5, 0.6) is 0 Å². The van der Waals surface area contributed by atoms with Gasteiger partial charge in [0.25, 0.3) is 0 Å². The number of hydrogen-bond acceptors (Lipinski definition) is 0. The predicted molar refractivity (Wildman–Crippen MR) is 98.1 cm³/mol. The minimum Gasteiger partial charge on any atom is -0.0508 e. The Morgan fingerprint density at radius 3 is 1.61 bits per heavy atom. The van der Waals surface area contributed by atoms with E-state index in [1.54, 1.807) is 0 Å². The van der Waals surface area contributed by atoms with E-state index in [0.29, 0.717) is 0 Å². The van der Waals surface area contributed by atoms with E-state index in [-0.39, 0.29) is 0 Å². The lowest BCUT2D eigenvalue weighted by Gasteiger charge is -2.10. The third-order valence-corrected chi connectivity index (χ3v) is 7.93. The minimum atomic E-state index is 1.01. The largest absolute Gasteiger partial charge is 0.0508 e. The summed E-state index contributed by atoms with van der Waals surface area (Å²) in [6.45, 7) is 0. The van der Waals surface area contributed by atoms with Crippen LogP contribution in [0.3, 0.4) is 0 Å². The second-order valence-electron chi connectivity index (χ2n) is 3.50. The highest BCUT2D eigenvalue weighted by atomic mass is 79.9. The van der Waals surface area contributed by atoms with E-state index in [1.165, 1.54) is 0 Å². The Hall–Kier alpha value is 1.32. The molecule has 0 saturated heterocycles. The Morgan fingerprint density at radius 1 is 0.556 bits per heavy atom. The Kier molecular flexibility index (Phi) is 5.58. The lowest BCUT2D eigenvalue weighted by molar-refractivity contribution is 1.48. The average Bonchev–Trinajstić information content (AvgIpc) is 2.30. The lowest BCUT2D eigenvalue weighted by atomic mass is 10.1. The zero-order chi connectivity index (χ0) is 13.4. The summed E-state index contributed by atoms with van der Waals surface area (Å²) in [5.74, 6) is 0. The van der Waals surface area contributed by atoms with Gasteiger partial charge in [-0.05, 0) is 115 Å². The van der Waals surface area contributed by atoms with Crippen molar-refractivity contribution in [2.24, 2.45) is 0 Å². The van der Waals surface area contributed by atoms with Gasteiger partial charge >= 0.3 is 0 Å². The van der Waals surface area contributed by atoms with Crippen molar-refractivity contribution in [3.05, 3.63) is 51.1 Å². The highest BCUT2D eigenvalue weighted by Crippen LogP contribution is 2.41. The van der Waals surface area contributed by atoms with Crippen molar-refractivity contribution >= 4 is 95.6 Å². The fraction of sp³-hybridized carbons (Fsp3) is 0. The maximum atomic E-state index is 3.61. The Balaban J connectivity index is 2.69. The topological polar surface area (TPSA) is 0 Å². The van der Waals surface area contributed by atoms with Gasteiger partial charge in [-0.1, -0.05) is 15.9 Å². The molecule has 0 N–H and O–H groups in total. The molecule has 0 aromatic heterocycles. The van der Waals surface area contributed by atoms with Gasteiger partial charge in [0.2, 0.25) is 0 Å². The van der Waals surface area contributed by atoms with Crippen molar-refractivity contribution in [2.75, 3.05) is 0 Å². The van der Waals surface area contributed by atoms with Crippen molar-refractivity contribution in [3.63, 3.8) is 0 Å². The van der Waals surface area contributed by atoms with Crippen molar-refractivity contribution in [2.45, 2.75) is 0 Å². The second-order valence-corrected chi connectivity index (χ2v) is 8.57. The summed E-state index contributed by atoms with van der Waals surface area (Å²) >= 11 is 21.2. The Morgan fingerprint density at radius 2 is 1.06 bits per heavy atom. The molecule has 6 heteroatoms. The molecule has 0 fully saturated rings. The first-order valence-corrected chi connectivity index (χ1v) is 9.45. The molecule has 0 bridgehead atoms. The molecule has 0 amide bonds. The van der Waals surface area contributed by atoms with Crippen LogP contribution < -0.4 is 0 Å². The molecule has 18 heavy (non-hydrogen) atoms. The van der Waals surface area contributed by atoms with Gasteiger partial charge in [0.05, 0.1) is 0 Å². The monoisotopic (exact) mass is 622 g/mol. The lowest BCUT2D eigenvalue weighted by Crippen LogP contribution is -1.84. The minimum absolute atomic E-state index is 1.01. The van der Waals surface area contributed by atoms with E-state index in [4.69, 9.17) is 0 Å². The first kappa shape index (κ1) is 15.7. The summed E-state index contributed by atoms with van der Waals surface area (Å²) in [5.41, 5.74) is 2.23. The van der Waals surface area contributed by atoms with Crippen LogP contribution >= 0.6 is 95.6 Å². The first-order chi connectivity index (χ1) is 8.40. The smallest absolute Gasteiger partial charge is 0.0459 e. The van der Waals surface area contributed by atoms with Crippen LogP contribution in [0.2, 0.25) is 0 Å². The van der Waals surface area contributed by atoms with Crippen molar-refractivity contribution < 1.29 is 0 Å². The molecule has 0 unspecified atom stereocenters. The third-order valence-electron chi connectivity index (χ3n) is 2.29. The molecule has 0 aliphatic carbocycles. The quantitative estimate of drug-likeness (QED) is 0.223. The number of benzene rings is 2. The van der Waals surface area contributed by atoms with E-state index in [9.17, 15) is 0 Å². The van der Waals surface area contributed by atoms with Gasteiger partial charge in [-0.3, -0.25) is 0 Å². The molecule has 0 saturated carbocycles. The summed E-state index contributed by atoms with van der Waals surface area (Å²) < 4.78 is 6.11. The summed E-state index contributed by atoms with van der Waals surface area (Å²) in [6.07, 6.45) is 0. The molecule has 0 radical (unpaired) electrons. The predicted octanol–water partition coefficient (Wildman–Crippen LogP) is 7.93. The van der Waals surface area contributed by atoms with E-state index in [2.05, 4.69) is 114 Å². The summed E-state index contributed by atoms with van der Waals surface area (Å²) in [5, 5.41) is 0. The highest BCUT2D eigenvalue weighted by molar-refractivity contribution is 9.14. The molecule has 0 aliphatic rings. The fourth-order valence-electron chi connectivity index (χ4n) is 1.48. The molecule has 0 spiro atoms. The Bertz CT molecular complexity index is 597. The molecule has 0 nitrogen and oxygen atoms in total. The zero-order valence-electron chi connectivity index (χ0n) is 8.58. The number of halogens is 6. The summed E-state index contributed by atoms with van der Waals surface area (Å²) in [6, 6.07) is 8.25. The number of hydrogen-bond donors (Lipinski definition) is 0. The van der Waals surface area contributed by atoms with E-state index >= 15 is 0 Å². The molecular formula is C12H4Br6. The molecule has 0 atom stereocenters. The van der Waals surface area contributed by atoms with Crippen LogP contribution in [0.1, 0.15) is 0 Å². The third kappa shape index (κ3) is 3.31. The molecule has 0 heterocycles. The molecule has 2 rings (SSSR count). The van der Waals surface area contributed by atoms with Crippen LogP contribution in [0, 0.1) is 0 Å². The van der Waals surface area contributed by atoms with Gasteiger partial charge in [0.1, 0.15) is 0 Å². The van der Waals surface area contributed by atoms with E-state index < -0.39 is 0 Å². The summed E-state index contributed by atoms with van der Waals surface area (Å²) in [4.78, 5) is 0. The van der Waals surface area contributed by atoms with Crippen LogP contribution in [-0.4, -0.2) is 0 Å². The van der Waals surface area contributed by atoms with Gasteiger partial charge in [-0.2, -0.15) is 0 Å². The Labute approximate surface area is 156 Å². The normalized spacial score (nSPS) is 10.8. The van der Waals surface area contributed by atoms with Crippen LogP contribution in [0.15, 0.2) is 51.1 Å². The van der Waals surface area contributed by atoms with Gasteiger partial charge < -0.3 is 0 Å². The van der Waals surface area contributed by atoms with Crippen LogP contribution in [0.4, 0.5) is 0 Å². The van der Waals surface area contributed by atoms with E-state index in [0.717, 1.165) is 38.0 Å². The molecular weight excluding hydrogens is 624 g/mol. The molecule has 0 aliphatic heterocycles. The van der Waals surface area contributed by atoms with Gasteiger partial charge in [0, 0.05) is 26.8 Å². The van der Waals surface area contributed by atoms with Crippen LogP contribution in [0.25, 0.3) is 11.1 Å². The zero-order valence-corrected chi connectivity index (χ0v) is 18.1. The van der Waals surface area contributed by atoms with Crippen LogP contribution in [-0.2, 0) is 0 Å². The van der Waals surface area contributed by atoms with Gasteiger partial charge in [-0.25, -0.2) is 0 Å². The maximum Gasteiger partial charge on any atom is 0.0459 e. The molecule has 94 valence electrons. The number of rotatable bonds is 1. The SMILES string of the molecule is Brc1cc(Br)c(Br)c(-c2cc(Br)c(Br)c(Br)c2)c1. The maximum absolute atomic E-state index is 3.61. The van der Waals surface area contributed by atoms with Crippen molar-refractivity contribution in [1.82, 2.24) is 0 Å². The van der Waals surface area contributed by atoms with E-state index in [1.807, 2.05) is 6.07 Å².